The minimum absolute atomic E-state index is 0.0346. The minimum Gasteiger partial charge on any atom is -0.352 e. The highest BCUT2D eigenvalue weighted by atomic mass is 31.2. The van der Waals surface area contributed by atoms with Gasteiger partial charge in [-0.2, -0.15) is 0 Å². The van der Waals surface area contributed by atoms with Crippen LogP contribution in [0.1, 0.15) is 20.3 Å². The van der Waals surface area contributed by atoms with Gasteiger partial charge < -0.3 is 14.5 Å². The van der Waals surface area contributed by atoms with Gasteiger partial charge in [0.2, 0.25) is 0 Å². The standard InChI is InChI=1S/C8H15O6P/c1-6(2)8(9)4-5-13-7(3)14-15(10,11)12/h7H,1,4-5H2,2-3H3,(H2,10,11,12). The smallest absolute Gasteiger partial charge is 0.352 e. The van der Waals surface area contributed by atoms with Crippen LogP contribution in [-0.4, -0.2) is 28.5 Å². The second kappa shape index (κ2) is 6.15. The van der Waals surface area contributed by atoms with Crippen molar-refractivity contribution >= 4 is 13.6 Å². The number of rotatable bonds is 7. The highest BCUT2D eigenvalue weighted by Gasteiger charge is 2.19. The van der Waals surface area contributed by atoms with Gasteiger partial charge in [0, 0.05) is 6.42 Å². The number of phosphoric acid groups is 1. The van der Waals surface area contributed by atoms with Gasteiger partial charge in [-0.1, -0.05) is 6.58 Å². The van der Waals surface area contributed by atoms with E-state index in [1.165, 1.54) is 6.92 Å². The van der Waals surface area contributed by atoms with Crippen LogP contribution in [0.25, 0.3) is 0 Å². The van der Waals surface area contributed by atoms with Crippen LogP contribution in [0, 0.1) is 0 Å². The normalized spacial score (nSPS) is 13.6. The topological polar surface area (TPSA) is 93.1 Å². The predicted octanol–water partition coefficient (Wildman–Crippen LogP) is 0.994. The summed E-state index contributed by atoms with van der Waals surface area (Å²) in [4.78, 5) is 27.9. The number of ether oxygens (including phenoxy) is 1. The fourth-order valence-electron chi connectivity index (χ4n) is 0.755. The molecule has 7 heteroatoms. The number of Topliss-reactive ketones (excluding diaryl/α,β-unsaturated/α-hetero) is 1. The molecular weight excluding hydrogens is 223 g/mol. The van der Waals surface area contributed by atoms with Gasteiger partial charge in [0.05, 0.1) is 6.61 Å². The number of carbonyl (C=O) groups excluding carboxylic acids is 1. The summed E-state index contributed by atoms with van der Waals surface area (Å²) >= 11 is 0. The maximum atomic E-state index is 11.0. The molecule has 0 radical (unpaired) electrons. The van der Waals surface area contributed by atoms with E-state index in [4.69, 9.17) is 14.5 Å². The van der Waals surface area contributed by atoms with Gasteiger partial charge >= 0.3 is 7.82 Å². The van der Waals surface area contributed by atoms with Gasteiger partial charge in [0.15, 0.2) is 12.1 Å². The van der Waals surface area contributed by atoms with Gasteiger partial charge in [0.25, 0.3) is 0 Å². The fraction of sp³-hybridized carbons (Fsp3) is 0.625. The van der Waals surface area contributed by atoms with Crippen molar-refractivity contribution in [2.75, 3.05) is 6.61 Å². The lowest BCUT2D eigenvalue weighted by atomic mass is 10.2. The van der Waals surface area contributed by atoms with Crippen LogP contribution in [-0.2, 0) is 18.6 Å². The van der Waals surface area contributed by atoms with E-state index in [0.29, 0.717) is 5.57 Å². The monoisotopic (exact) mass is 238 g/mol. The fourth-order valence-corrected chi connectivity index (χ4v) is 1.20. The van der Waals surface area contributed by atoms with Crippen LogP contribution < -0.4 is 0 Å². The second-order valence-electron chi connectivity index (χ2n) is 2.99. The Bertz CT molecular complexity index is 281. The quantitative estimate of drug-likeness (QED) is 0.390. The average molecular weight is 238 g/mol. The molecule has 0 aliphatic carbocycles. The van der Waals surface area contributed by atoms with Crippen molar-refractivity contribution in [1.82, 2.24) is 0 Å². The highest BCUT2D eigenvalue weighted by Crippen LogP contribution is 2.37. The molecule has 0 aromatic heterocycles. The molecule has 0 spiro atoms. The molecule has 0 heterocycles. The molecule has 0 aliphatic heterocycles. The van der Waals surface area contributed by atoms with Crippen molar-refractivity contribution in [3.05, 3.63) is 12.2 Å². The van der Waals surface area contributed by atoms with E-state index in [0.717, 1.165) is 0 Å². The van der Waals surface area contributed by atoms with Crippen molar-refractivity contribution < 1.29 is 28.4 Å². The number of allylic oxidation sites excluding steroid dienone is 1. The molecular formula is C8H15O6P. The molecule has 15 heavy (non-hydrogen) atoms. The zero-order valence-electron chi connectivity index (χ0n) is 8.67. The van der Waals surface area contributed by atoms with Gasteiger partial charge in [-0.25, -0.2) is 4.57 Å². The van der Waals surface area contributed by atoms with Gasteiger partial charge in [-0.3, -0.25) is 9.32 Å². The van der Waals surface area contributed by atoms with E-state index in [9.17, 15) is 9.36 Å². The number of ketones is 1. The van der Waals surface area contributed by atoms with E-state index in [-0.39, 0.29) is 18.8 Å². The predicted molar refractivity (Wildman–Crippen MR) is 53.0 cm³/mol. The molecule has 1 atom stereocenters. The van der Waals surface area contributed by atoms with Crippen molar-refractivity contribution in [2.45, 2.75) is 26.6 Å². The summed E-state index contributed by atoms with van der Waals surface area (Å²) in [5, 5.41) is 0. The zero-order chi connectivity index (χ0) is 12.1. The lowest BCUT2D eigenvalue weighted by Gasteiger charge is -2.13. The van der Waals surface area contributed by atoms with Gasteiger partial charge in [-0.05, 0) is 19.4 Å². The Morgan fingerprint density at radius 1 is 1.53 bits per heavy atom. The third-order valence-corrected chi connectivity index (χ3v) is 2.01. The van der Waals surface area contributed by atoms with Crippen molar-refractivity contribution in [3.8, 4) is 0 Å². The Morgan fingerprint density at radius 3 is 2.47 bits per heavy atom. The lowest BCUT2D eigenvalue weighted by Crippen LogP contribution is -2.14. The summed E-state index contributed by atoms with van der Waals surface area (Å²) < 4.78 is 19.4. The summed E-state index contributed by atoms with van der Waals surface area (Å²) in [6, 6.07) is 0. The number of phosphoric ester groups is 1. The lowest BCUT2D eigenvalue weighted by molar-refractivity contribution is -0.120. The van der Waals surface area contributed by atoms with E-state index < -0.39 is 14.1 Å². The summed E-state index contributed by atoms with van der Waals surface area (Å²) in [7, 11) is -4.53. The molecule has 0 saturated carbocycles. The largest absolute Gasteiger partial charge is 0.471 e. The average Bonchev–Trinajstić information content (AvgIpc) is 2.00. The summed E-state index contributed by atoms with van der Waals surface area (Å²) in [6.45, 7) is 6.40. The van der Waals surface area contributed by atoms with E-state index in [2.05, 4.69) is 11.1 Å². The van der Waals surface area contributed by atoms with Crippen LogP contribution in [0.15, 0.2) is 12.2 Å². The SMILES string of the molecule is C=C(C)C(=O)CCOC(C)OP(=O)(O)O. The van der Waals surface area contributed by atoms with Crippen molar-refractivity contribution in [1.29, 1.82) is 0 Å². The Labute approximate surface area is 88.1 Å². The second-order valence-corrected chi connectivity index (χ2v) is 4.18. The molecule has 2 N–H and O–H groups in total. The zero-order valence-corrected chi connectivity index (χ0v) is 9.57. The van der Waals surface area contributed by atoms with Crippen LogP contribution in [0.5, 0.6) is 0 Å². The third-order valence-electron chi connectivity index (χ3n) is 1.44. The molecule has 1 unspecified atom stereocenters. The first-order chi connectivity index (χ1) is 6.72. The Morgan fingerprint density at radius 2 is 2.07 bits per heavy atom. The first kappa shape index (κ1) is 14.5. The van der Waals surface area contributed by atoms with Crippen LogP contribution in [0.2, 0.25) is 0 Å². The molecule has 0 aromatic rings. The molecule has 0 saturated heterocycles. The van der Waals surface area contributed by atoms with E-state index in [1.807, 2.05) is 0 Å². The molecule has 0 rings (SSSR count). The third kappa shape index (κ3) is 8.47. The maximum absolute atomic E-state index is 11.0. The van der Waals surface area contributed by atoms with E-state index >= 15 is 0 Å². The summed E-state index contributed by atoms with van der Waals surface area (Å²) in [6.07, 6.45) is -0.937. The van der Waals surface area contributed by atoms with Gasteiger partial charge in [-0.15, -0.1) is 0 Å². The molecule has 0 aromatic carbocycles. The Kier molecular flexibility index (Phi) is 5.93. The Hall–Kier alpha value is -0.520. The first-order valence-electron chi connectivity index (χ1n) is 4.26. The molecule has 88 valence electrons. The molecule has 0 bridgehead atoms. The first-order valence-corrected chi connectivity index (χ1v) is 5.79. The summed E-state index contributed by atoms with van der Waals surface area (Å²) in [5.74, 6) is -0.154. The number of carbonyl (C=O) groups is 1. The molecule has 0 fully saturated rings. The number of hydrogen-bond donors (Lipinski definition) is 2. The Balaban J connectivity index is 3.74. The summed E-state index contributed by atoms with van der Waals surface area (Å²) in [5.41, 5.74) is 0.419. The molecule has 0 amide bonds. The van der Waals surface area contributed by atoms with Crippen LogP contribution in [0.4, 0.5) is 0 Å². The number of hydrogen-bond acceptors (Lipinski definition) is 4. The van der Waals surface area contributed by atoms with E-state index in [1.54, 1.807) is 6.92 Å². The van der Waals surface area contributed by atoms with Crippen molar-refractivity contribution in [3.63, 3.8) is 0 Å². The van der Waals surface area contributed by atoms with Crippen LogP contribution in [0.3, 0.4) is 0 Å². The molecule has 6 nitrogen and oxygen atoms in total. The maximum Gasteiger partial charge on any atom is 0.471 e. The van der Waals surface area contributed by atoms with Gasteiger partial charge in [0.1, 0.15) is 0 Å². The highest BCUT2D eigenvalue weighted by molar-refractivity contribution is 7.46. The molecule has 0 aliphatic rings. The van der Waals surface area contributed by atoms with Crippen LogP contribution >= 0.6 is 7.82 Å². The minimum atomic E-state index is -4.53. The van der Waals surface area contributed by atoms with Crippen molar-refractivity contribution in [2.24, 2.45) is 0 Å².